The van der Waals surface area contributed by atoms with Crippen LogP contribution < -0.4 is 10.6 Å². The second-order valence-electron chi connectivity index (χ2n) is 10.1. The molecule has 1 aliphatic carbocycles. The van der Waals surface area contributed by atoms with Crippen LogP contribution in [0.3, 0.4) is 0 Å². The SMILES string of the molecule is CC(C)(C)OC(=O)NCCCNCC1(c2nc3cc(Cl)ccc3nc2Cc2ccccc2)CC1. The lowest BCUT2D eigenvalue weighted by molar-refractivity contribution is 0.0527. The van der Waals surface area contributed by atoms with Crippen LogP contribution in [-0.4, -0.2) is 41.3 Å². The van der Waals surface area contributed by atoms with E-state index in [0.29, 0.717) is 11.6 Å². The van der Waals surface area contributed by atoms with Crippen molar-refractivity contribution in [3.8, 4) is 0 Å². The number of amides is 1. The van der Waals surface area contributed by atoms with Gasteiger partial charge in [0.25, 0.3) is 0 Å². The topological polar surface area (TPSA) is 76.1 Å². The van der Waals surface area contributed by atoms with Gasteiger partial charge in [0.1, 0.15) is 5.60 Å². The lowest BCUT2D eigenvalue weighted by Gasteiger charge is -2.20. The molecule has 1 aliphatic rings. The molecule has 2 aromatic carbocycles. The first-order valence-electron chi connectivity index (χ1n) is 11.9. The second-order valence-corrected chi connectivity index (χ2v) is 10.5. The first-order valence-corrected chi connectivity index (χ1v) is 12.3. The molecule has 0 aliphatic heterocycles. The van der Waals surface area contributed by atoms with Gasteiger partial charge in [-0.15, -0.1) is 0 Å². The number of fused-ring (bicyclic) bond motifs is 1. The van der Waals surface area contributed by atoms with Gasteiger partial charge >= 0.3 is 6.09 Å². The van der Waals surface area contributed by atoms with Crippen molar-refractivity contribution in [3.63, 3.8) is 0 Å². The molecule has 0 spiro atoms. The number of ether oxygens (including phenoxy) is 1. The first-order chi connectivity index (χ1) is 16.2. The molecule has 1 amide bonds. The van der Waals surface area contributed by atoms with Crippen LogP contribution >= 0.6 is 11.6 Å². The van der Waals surface area contributed by atoms with Crippen LogP contribution in [0.2, 0.25) is 5.02 Å². The molecular weight excluding hydrogens is 448 g/mol. The predicted octanol–water partition coefficient (Wildman–Crippen LogP) is 5.41. The fourth-order valence-corrected chi connectivity index (χ4v) is 4.26. The average molecular weight is 481 g/mol. The fourth-order valence-electron chi connectivity index (χ4n) is 4.10. The van der Waals surface area contributed by atoms with Crippen LogP contribution in [0.25, 0.3) is 11.0 Å². The number of benzene rings is 2. The van der Waals surface area contributed by atoms with Crippen LogP contribution in [0.4, 0.5) is 4.79 Å². The van der Waals surface area contributed by atoms with E-state index in [1.807, 2.05) is 45.0 Å². The molecule has 1 saturated carbocycles. The summed E-state index contributed by atoms with van der Waals surface area (Å²) >= 11 is 6.24. The number of halogens is 1. The summed E-state index contributed by atoms with van der Waals surface area (Å²) in [5, 5.41) is 7.05. The number of nitrogens with zero attached hydrogens (tertiary/aromatic N) is 2. The molecule has 0 saturated heterocycles. The average Bonchev–Trinajstić information content (AvgIpc) is 3.56. The third kappa shape index (κ3) is 6.45. The van der Waals surface area contributed by atoms with Crippen molar-refractivity contribution < 1.29 is 9.53 Å². The Morgan fingerprint density at radius 1 is 1.06 bits per heavy atom. The second kappa shape index (κ2) is 10.3. The number of hydrogen-bond donors (Lipinski definition) is 2. The smallest absolute Gasteiger partial charge is 0.407 e. The third-order valence-corrected chi connectivity index (χ3v) is 6.17. The highest BCUT2D eigenvalue weighted by atomic mass is 35.5. The van der Waals surface area contributed by atoms with Gasteiger partial charge < -0.3 is 15.4 Å². The molecule has 0 bridgehead atoms. The van der Waals surface area contributed by atoms with Crippen LogP contribution in [0.5, 0.6) is 0 Å². The van der Waals surface area contributed by atoms with Crippen molar-refractivity contribution >= 4 is 28.7 Å². The summed E-state index contributed by atoms with van der Waals surface area (Å²) in [5.74, 6) is 0. The van der Waals surface area contributed by atoms with Crippen molar-refractivity contribution in [3.05, 3.63) is 70.5 Å². The fraction of sp³-hybridized carbons (Fsp3) is 0.444. The van der Waals surface area contributed by atoms with Crippen LogP contribution in [0.1, 0.15) is 57.0 Å². The van der Waals surface area contributed by atoms with Gasteiger partial charge in [-0.05, 0) is 70.3 Å². The molecule has 1 fully saturated rings. The van der Waals surface area contributed by atoms with E-state index >= 15 is 0 Å². The number of aromatic nitrogens is 2. The zero-order valence-corrected chi connectivity index (χ0v) is 20.9. The maximum absolute atomic E-state index is 11.8. The quantitative estimate of drug-likeness (QED) is 0.400. The van der Waals surface area contributed by atoms with Gasteiger partial charge in [0, 0.05) is 29.9 Å². The Balaban J connectivity index is 1.42. The van der Waals surface area contributed by atoms with E-state index in [4.69, 9.17) is 26.3 Å². The zero-order valence-electron chi connectivity index (χ0n) is 20.2. The molecular formula is C27H33ClN4O2. The van der Waals surface area contributed by atoms with Gasteiger partial charge in [0.05, 0.1) is 22.4 Å². The number of carbonyl (C=O) groups is 1. The highest BCUT2D eigenvalue weighted by Crippen LogP contribution is 2.48. The van der Waals surface area contributed by atoms with E-state index in [9.17, 15) is 4.79 Å². The van der Waals surface area contributed by atoms with Crippen LogP contribution in [0.15, 0.2) is 48.5 Å². The Hall–Kier alpha value is -2.70. The normalized spacial score (nSPS) is 14.7. The van der Waals surface area contributed by atoms with Gasteiger partial charge in [0.2, 0.25) is 0 Å². The summed E-state index contributed by atoms with van der Waals surface area (Å²) in [6.07, 6.45) is 3.37. The minimum atomic E-state index is -0.483. The predicted molar refractivity (Wildman–Crippen MR) is 136 cm³/mol. The molecule has 0 atom stereocenters. The van der Waals surface area contributed by atoms with E-state index in [1.54, 1.807) is 0 Å². The number of nitrogens with one attached hydrogen (secondary N) is 2. The van der Waals surface area contributed by atoms with Crippen molar-refractivity contribution in [2.75, 3.05) is 19.6 Å². The maximum atomic E-state index is 11.8. The molecule has 0 unspecified atom stereocenters. The number of hydrogen-bond acceptors (Lipinski definition) is 5. The molecule has 1 aromatic heterocycles. The maximum Gasteiger partial charge on any atom is 0.407 e. The Bertz CT molecular complexity index is 1140. The molecule has 6 nitrogen and oxygen atoms in total. The van der Waals surface area contributed by atoms with E-state index in [-0.39, 0.29) is 11.5 Å². The summed E-state index contributed by atoms with van der Waals surface area (Å²) in [6.45, 7) is 7.79. The van der Waals surface area contributed by atoms with Gasteiger partial charge in [0.15, 0.2) is 0 Å². The molecule has 7 heteroatoms. The summed E-state index contributed by atoms with van der Waals surface area (Å²) in [6, 6.07) is 16.1. The highest BCUT2D eigenvalue weighted by Gasteiger charge is 2.47. The van der Waals surface area contributed by atoms with Gasteiger partial charge in [-0.2, -0.15) is 0 Å². The molecule has 3 aromatic rings. The summed E-state index contributed by atoms with van der Waals surface area (Å²) in [4.78, 5) is 21.9. The van der Waals surface area contributed by atoms with Crippen molar-refractivity contribution in [1.29, 1.82) is 0 Å². The molecule has 180 valence electrons. The minimum absolute atomic E-state index is 0.00772. The lowest BCUT2D eigenvalue weighted by atomic mass is 9.96. The Labute approximate surface area is 206 Å². The molecule has 1 heterocycles. The number of carbonyl (C=O) groups excluding carboxylic acids is 1. The van der Waals surface area contributed by atoms with Gasteiger partial charge in [-0.3, -0.25) is 0 Å². The van der Waals surface area contributed by atoms with Crippen molar-refractivity contribution in [1.82, 2.24) is 20.6 Å². The number of alkyl carbamates (subject to hydrolysis) is 1. The van der Waals surface area contributed by atoms with Gasteiger partial charge in [-0.1, -0.05) is 41.9 Å². The molecule has 4 rings (SSSR count). The van der Waals surface area contributed by atoms with Crippen LogP contribution in [0, 0.1) is 0 Å². The molecule has 2 N–H and O–H groups in total. The summed E-state index contributed by atoms with van der Waals surface area (Å²) < 4.78 is 5.28. The Morgan fingerprint density at radius 3 is 2.53 bits per heavy atom. The zero-order chi connectivity index (χ0) is 24.2. The largest absolute Gasteiger partial charge is 0.444 e. The van der Waals surface area contributed by atoms with E-state index < -0.39 is 5.60 Å². The van der Waals surface area contributed by atoms with Crippen molar-refractivity contribution in [2.24, 2.45) is 0 Å². The minimum Gasteiger partial charge on any atom is -0.444 e. The molecule has 0 radical (unpaired) electrons. The summed E-state index contributed by atoms with van der Waals surface area (Å²) in [7, 11) is 0. The first kappa shape index (κ1) is 24.4. The Kier molecular flexibility index (Phi) is 7.39. The van der Waals surface area contributed by atoms with Crippen LogP contribution in [-0.2, 0) is 16.6 Å². The van der Waals surface area contributed by atoms with E-state index in [0.717, 1.165) is 61.2 Å². The highest BCUT2D eigenvalue weighted by molar-refractivity contribution is 6.31. The van der Waals surface area contributed by atoms with Crippen molar-refractivity contribution in [2.45, 2.75) is 57.5 Å². The Morgan fingerprint density at radius 2 is 1.82 bits per heavy atom. The molecule has 34 heavy (non-hydrogen) atoms. The lowest BCUT2D eigenvalue weighted by Crippen LogP contribution is -2.35. The van der Waals surface area contributed by atoms with E-state index in [1.165, 1.54) is 5.56 Å². The monoisotopic (exact) mass is 480 g/mol. The summed E-state index contributed by atoms with van der Waals surface area (Å²) in [5.41, 5.74) is 4.55. The van der Waals surface area contributed by atoms with E-state index in [2.05, 4.69) is 34.9 Å². The third-order valence-electron chi connectivity index (χ3n) is 5.93. The number of rotatable bonds is 9. The standard InChI is InChI=1S/C27H33ClN4O2/c1-26(2,3)34-25(33)30-15-7-14-29-18-27(12-13-27)24-23(16-19-8-5-4-6-9-19)31-21-11-10-20(28)17-22(21)32-24/h4-6,8-11,17,29H,7,12-16,18H2,1-3H3,(H,30,33). The van der Waals surface area contributed by atoms with Gasteiger partial charge in [-0.25, -0.2) is 14.8 Å².